The van der Waals surface area contributed by atoms with Gasteiger partial charge in [0, 0.05) is 29.2 Å². The molecule has 0 saturated carbocycles. The fourth-order valence-corrected chi connectivity index (χ4v) is 9.97. The minimum Gasteiger partial charge on any atom is -0.497 e. The van der Waals surface area contributed by atoms with E-state index in [2.05, 4.69) is 25.6 Å². The molecule has 286 valence electrons. The molecule has 1 amide bonds. The Labute approximate surface area is 326 Å². The number of benzene rings is 4. The van der Waals surface area contributed by atoms with E-state index in [9.17, 15) is 13.2 Å². The number of rotatable bonds is 17. The number of nitrogens with one attached hydrogen (secondary N) is 2. The lowest BCUT2D eigenvalue weighted by Crippen LogP contribution is -2.42. The first-order valence-corrected chi connectivity index (χ1v) is 20.2. The molecule has 1 atom stereocenters. The van der Waals surface area contributed by atoms with E-state index in [1.807, 2.05) is 22.6 Å². The van der Waals surface area contributed by atoms with Crippen molar-refractivity contribution in [2.24, 2.45) is 0 Å². The number of tetrazole rings is 1. The third-order valence-corrected chi connectivity index (χ3v) is 12.7. The van der Waals surface area contributed by atoms with Crippen molar-refractivity contribution in [3.05, 3.63) is 105 Å². The van der Waals surface area contributed by atoms with Crippen molar-refractivity contribution in [2.75, 3.05) is 27.9 Å². The largest absolute Gasteiger partial charge is 0.497 e. The van der Waals surface area contributed by atoms with Gasteiger partial charge in [-0.25, -0.2) is 31.0 Å². The van der Waals surface area contributed by atoms with E-state index in [0.29, 0.717) is 31.9 Å². The zero-order chi connectivity index (χ0) is 39.0. The lowest BCUT2D eigenvalue weighted by molar-refractivity contribution is 0.193. The van der Waals surface area contributed by atoms with Crippen LogP contribution in [0.1, 0.15) is 23.6 Å². The molecule has 0 bridgehead atoms. The lowest BCUT2D eigenvalue weighted by atomic mass is 10.2. The van der Waals surface area contributed by atoms with Crippen molar-refractivity contribution in [2.45, 2.75) is 42.4 Å². The first-order valence-electron chi connectivity index (χ1n) is 16.2. The second kappa shape index (κ2) is 17.5. The summed E-state index contributed by atoms with van der Waals surface area (Å²) in [5.41, 5.74) is 1.91. The van der Waals surface area contributed by atoms with Gasteiger partial charge in [-0.1, -0.05) is 36.4 Å². The van der Waals surface area contributed by atoms with Crippen LogP contribution in [0.15, 0.2) is 94.7 Å². The third-order valence-electron chi connectivity index (χ3n) is 8.16. The molecule has 1 heterocycles. The standard InChI is InChI=1S/C35H38IN7O9S2/c1-23(19-37-35(44)45)39-53(46,47)31-18-17-30(36)32(34-38-40-41-43(34)22-26-9-15-29(52-4)16-10-26)33(31)54(48,49)42(20-24-5-11-27(50-2)12-6-24)21-25-7-13-28(51-3)14-8-25/h5-18,23,37,39H,19-22H2,1-4H3,(H,44,45)/t23-/m1/s1. The highest BCUT2D eigenvalue weighted by Crippen LogP contribution is 2.38. The van der Waals surface area contributed by atoms with Crippen LogP contribution in [0, 0.1) is 3.57 Å². The van der Waals surface area contributed by atoms with Crippen LogP contribution in [0.25, 0.3) is 11.4 Å². The highest BCUT2D eigenvalue weighted by Gasteiger charge is 2.38. The summed E-state index contributed by atoms with van der Waals surface area (Å²) in [5, 5.41) is 23.5. The van der Waals surface area contributed by atoms with Crippen molar-refractivity contribution >= 4 is 48.7 Å². The molecule has 5 rings (SSSR count). The van der Waals surface area contributed by atoms with Crippen LogP contribution in [0.4, 0.5) is 4.79 Å². The maximum absolute atomic E-state index is 15.4. The highest BCUT2D eigenvalue weighted by atomic mass is 127. The molecule has 5 aromatic rings. The van der Waals surface area contributed by atoms with Gasteiger partial charge in [0.1, 0.15) is 27.0 Å². The molecule has 3 N–H and O–H groups in total. The third kappa shape index (κ3) is 9.63. The quantitative estimate of drug-likeness (QED) is 0.112. The number of hydrogen-bond acceptors (Lipinski definition) is 11. The Kier molecular flexibility index (Phi) is 13.1. The van der Waals surface area contributed by atoms with Crippen LogP contribution < -0.4 is 24.2 Å². The molecule has 0 saturated heterocycles. The number of carboxylic acid groups (broad SMARTS) is 1. The molecule has 0 unspecified atom stereocenters. The monoisotopic (exact) mass is 891 g/mol. The van der Waals surface area contributed by atoms with Crippen LogP contribution in [-0.4, -0.2) is 86.5 Å². The topological polar surface area (TPSA) is 204 Å². The minimum absolute atomic E-state index is 0.000260. The molecule has 0 spiro atoms. The van der Waals surface area contributed by atoms with Gasteiger partial charge in [0.15, 0.2) is 5.82 Å². The summed E-state index contributed by atoms with van der Waals surface area (Å²) in [4.78, 5) is 10.0. The number of hydrogen-bond donors (Lipinski definition) is 3. The summed E-state index contributed by atoms with van der Waals surface area (Å²) in [5.74, 6) is 1.77. The number of nitrogens with zero attached hydrogens (tertiary/aromatic N) is 5. The molecule has 0 radical (unpaired) electrons. The Morgan fingerprint density at radius 1 is 0.815 bits per heavy atom. The second-order valence-electron chi connectivity index (χ2n) is 11.9. The highest BCUT2D eigenvalue weighted by molar-refractivity contribution is 14.1. The average molecular weight is 892 g/mol. The lowest BCUT2D eigenvalue weighted by Gasteiger charge is -2.26. The molecular weight excluding hydrogens is 853 g/mol. The van der Waals surface area contributed by atoms with E-state index in [1.54, 1.807) is 79.9 Å². The molecule has 16 nitrogen and oxygen atoms in total. The molecule has 0 fully saturated rings. The maximum Gasteiger partial charge on any atom is 0.404 e. The van der Waals surface area contributed by atoms with Gasteiger partial charge in [-0.05, 0) is 105 Å². The summed E-state index contributed by atoms with van der Waals surface area (Å²) >= 11 is 1.93. The molecular formula is C35H38IN7O9S2. The van der Waals surface area contributed by atoms with Crippen molar-refractivity contribution in [1.29, 1.82) is 0 Å². The molecule has 0 aliphatic heterocycles. The van der Waals surface area contributed by atoms with Gasteiger partial charge in [0.2, 0.25) is 20.0 Å². The molecule has 54 heavy (non-hydrogen) atoms. The van der Waals surface area contributed by atoms with Crippen LogP contribution in [0.5, 0.6) is 17.2 Å². The van der Waals surface area contributed by atoms with E-state index in [4.69, 9.17) is 19.3 Å². The zero-order valence-electron chi connectivity index (χ0n) is 29.6. The number of carbonyl (C=O) groups is 1. The maximum atomic E-state index is 15.4. The van der Waals surface area contributed by atoms with Gasteiger partial charge in [-0.3, -0.25) is 0 Å². The van der Waals surface area contributed by atoms with Crippen molar-refractivity contribution in [3.63, 3.8) is 0 Å². The number of methoxy groups -OCH3 is 3. The average Bonchev–Trinajstić information content (AvgIpc) is 3.61. The van der Waals surface area contributed by atoms with Crippen molar-refractivity contribution < 1.29 is 40.9 Å². The first kappa shape index (κ1) is 40.4. The van der Waals surface area contributed by atoms with E-state index < -0.39 is 42.0 Å². The Bertz CT molecular complexity index is 2240. The fourth-order valence-electron chi connectivity index (χ4n) is 5.44. The number of halogens is 1. The second-order valence-corrected chi connectivity index (χ2v) is 16.7. The predicted molar refractivity (Wildman–Crippen MR) is 206 cm³/mol. The summed E-state index contributed by atoms with van der Waals surface area (Å²) in [6.45, 7) is 0.952. The van der Waals surface area contributed by atoms with Crippen LogP contribution >= 0.6 is 22.6 Å². The van der Waals surface area contributed by atoms with Gasteiger partial charge >= 0.3 is 6.09 Å². The minimum atomic E-state index is -4.77. The smallest absolute Gasteiger partial charge is 0.404 e. The van der Waals surface area contributed by atoms with Gasteiger partial charge in [0.05, 0.1) is 33.4 Å². The Balaban J connectivity index is 1.72. The first-order chi connectivity index (χ1) is 25.7. The Morgan fingerprint density at radius 2 is 1.31 bits per heavy atom. The van der Waals surface area contributed by atoms with Gasteiger partial charge in [-0.2, -0.15) is 4.31 Å². The molecule has 0 aliphatic carbocycles. The van der Waals surface area contributed by atoms with Gasteiger partial charge in [0.25, 0.3) is 0 Å². The number of ether oxygens (including phenoxy) is 3. The molecule has 1 aromatic heterocycles. The fraction of sp³-hybridized carbons (Fsp3) is 0.257. The summed E-state index contributed by atoms with van der Waals surface area (Å²) in [7, 11) is -4.83. The Hall–Kier alpha value is -4.83. The van der Waals surface area contributed by atoms with Crippen LogP contribution in [-0.2, 0) is 39.7 Å². The van der Waals surface area contributed by atoms with Crippen molar-refractivity contribution in [3.8, 4) is 28.6 Å². The van der Waals surface area contributed by atoms with Crippen LogP contribution in [0.2, 0.25) is 0 Å². The number of sulfonamides is 2. The molecule has 19 heteroatoms. The van der Waals surface area contributed by atoms with E-state index >= 15 is 8.42 Å². The summed E-state index contributed by atoms with van der Waals surface area (Å²) < 4.78 is 80.4. The summed E-state index contributed by atoms with van der Waals surface area (Å²) in [6.07, 6.45) is -1.35. The Morgan fingerprint density at radius 3 is 1.80 bits per heavy atom. The van der Waals surface area contributed by atoms with Crippen molar-refractivity contribution in [1.82, 2.24) is 34.6 Å². The van der Waals surface area contributed by atoms with E-state index in [1.165, 1.54) is 42.3 Å². The predicted octanol–water partition coefficient (Wildman–Crippen LogP) is 4.34. The van der Waals surface area contributed by atoms with Gasteiger partial charge < -0.3 is 24.6 Å². The number of amides is 1. The number of aromatic nitrogens is 4. The summed E-state index contributed by atoms with van der Waals surface area (Å²) in [6, 6.07) is 22.5. The van der Waals surface area contributed by atoms with E-state index in [0.717, 1.165) is 5.56 Å². The van der Waals surface area contributed by atoms with Crippen LogP contribution in [0.3, 0.4) is 0 Å². The molecule has 0 aliphatic rings. The van der Waals surface area contributed by atoms with E-state index in [-0.39, 0.29) is 37.6 Å². The normalized spacial score (nSPS) is 12.3. The zero-order valence-corrected chi connectivity index (χ0v) is 33.4. The molecule has 4 aromatic carbocycles. The SMILES string of the molecule is COc1ccc(CN(Cc2ccc(OC)cc2)S(=O)(=O)c2c(S(=O)(=O)N[C@H](C)CNC(=O)O)ccc(I)c2-c2nnnn2Cc2ccc(OC)cc2)cc1. The van der Waals surface area contributed by atoms with Gasteiger partial charge in [-0.15, -0.1) is 5.10 Å².